The maximum Gasteiger partial charge on any atom is 0.277 e. The number of benzene rings is 1. The highest BCUT2D eigenvalue weighted by atomic mass is 32.2. The van der Waals surface area contributed by atoms with E-state index in [2.05, 4.69) is 10.4 Å². The van der Waals surface area contributed by atoms with Gasteiger partial charge in [-0.2, -0.15) is 5.01 Å². The first-order chi connectivity index (χ1) is 11.3. The number of nitrogens with zero attached hydrogens (tertiary/aromatic N) is 3. The second-order valence-corrected chi connectivity index (χ2v) is 6.52. The largest absolute Gasteiger partial charge is 0.304 e. The predicted molar refractivity (Wildman–Crippen MR) is 87.6 cm³/mol. The molecule has 0 fully saturated rings. The lowest BCUT2D eigenvalue weighted by Crippen LogP contribution is -2.49. The van der Waals surface area contributed by atoms with Gasteiger partial charge >= 0.3 is 0 Å². The van der Waals surface area contributed by atoms with E-state index in [1.165, 1.54) is 20.8 Å². The molecule has 2 aliphatic rings. The van der Waals surface area contributed by atoms with Crippen LogP contribution in [0.3, 0.4) is 0 Å². The van der Waals surface area contributed by atoms with E-state index < -0.39 is 22.6 Å². The van der Waals surface area contributed by atoms with Crippen molar-refractivity contribution in [3.05, 3.63) is 29.8 Å². The summed E-state index contributed by atoms with van der Waals surface area (Å²) in [6.07, 6.45) is 0. The first-order valence-electron chi connectivity index (χ1n) is 7.09. The zero-order valence-electron chi connectivity index (χ0n) is 13.2. The molecule has 2 heterocycles. The molecule has 2 aliphatic heterocycles. The fourth-order valence-electron chi connectivity index (χ4n) is 2.81. The molecular formula is C15H14N4O4S. The van der Waals surface area contributed by atoms with Crippen molar-refractivity contribution in [3.8, 4) is 0 Å². The van der Waals surface area contributed by atoms with Gasteiger partial charge in [-0.3, -0.25) is 19.2 Å². The zero-order chi connectivity index (χ0) is 17.6. The van der Waals surface area contributed by atoms with Crippen LogP contribution in [0.15, 0.2) is 29.4 Å². The number of fused-ring (bicyclic) bond motifs is 2. The van der Waals surface area contributed by atoms with Crippen molar-refractivity contribution >= 4 is 46.2 Å². The maximum atomic E-state index is 13.1. The van der Waals surface area contributed by atoms with Gasteiger partial charge in [-0.05, 0) is 17.8 Å². The lowest BCUT2D eigenvalue weighted by molar-refractivity contribution is -0.140. The lowest BCUT2D eigenvalue weighted by Gasteiger charge is -2.29. The van der Waals surface area contributed by atoms with Crippen molar-refractivity contribution < 1.29 is 19.2 Å². The molecule has 0 saturated heterocycles. The number of anilines is 1. The van der Waals surface area contributed by atoms with Crippen molar-refractivity contribution in [2.75, 3.05) is 4.90 Å². The quantitative estimate of drug-likeness (QED) is 0.747. The van der Waals surface area contributed by atoms with Crippen molar-refractivity contribution in [3.63, 3.8) is 0 Å². The molecule has 124 valence electrons. The fourth-order valence-corrected chi connectivity index (χ4v) is 4.12. The van der Waals surface area contributed by atoms with Crippen molar-refractivity contribution in [1.29, 1.82) is 0 Å². The van der Waals surface area contributed by atoms with Crippen molar-refractivity contribution in [2.45, 2.75) is 25.6 Å². The van der Waals surface area contributed by atoms with Gasteiger partial charge in [-0.25, -0.2) is 4.90 Å². The minimum absolute atomic E-state index is 0.131. The Bertz CT molecular complexity index is 821. The average Bonchev–Trinajstić information content (AvgIpc) is 2.97. The van der Waals surface area contributed by atoms with Crippen LogP contribution in [-0.2, 0) is 24.0 Å². The van der Waals surface area contributed by atoms with Gasteiger partial charge in [0.25, 0.3) is 5.91 Å². The van der Waals surface area contributed by atoms with Crippen LogP contribution >= 0.6 is 11.8 Å². The number of para-hydroxylation sites is 1. The molecule has 24 heavy (non-hydrogen) atoms. The smallest absolute Gasteiger partial charge is 0.277 e. The number of nitrogens with one attached hydrogen (secondary N) is 1. The van der Waals surface area contributed by atoms with E-state index in [0.29, 0.717) is 11.3 Å². The molecule has 1 N–H and O–H groups in total. The van der Waals surface area contributed by atoms with Gasteiger partial charge < -0.3 is 5.32 Å². The number of imide groups is 1. The summed E-state index contributed by atoms with van der Waals surface area (Å²) in [6.45, 7) is 3.86. The molecular weight excluding hydrogens is 332 g/mol. The summed E-state index contributed by atoms with van der Waals surface area (Å²) in [5, 5.41) is 7.73. The molecule has 4 amide bonds. The number of carbonyl (C=O) groups excluding carboxylic acids is 4. The Morgan fingerprint density at radius 1 is 1.12 bits per heavy atom. The second kappa shape index (κ2) is 5.45. The SMILES string of the molecule is CC(=O)NC1=NN(C(C)=O)[C@@]2(S1)C(=O)N(C(C)=O)c1ccccc12. The molecule has 0 saturated carbocycles. The molecule has 1 aromatic carbocycles. The van der Waals surface area contributed by atoms with Gasteiger partial charge in [0.05, 0.1) is 5.69 Å². The van der Waals surface area contributed by atoms with E-state index in [1.807, 2.05) is 0 Å². The number of thioether (sulfide) groups is 1. The summed E-state index contributed by atoms with van der Waals surface area (Å²) in [4.78, 5) is 48.0. The number of carbonyl (C=O) groups is 4. The number of hydrazone groups is 1. The number of rotatable bonds is 0. The van der Waals surface area contributed by atoms with Crippen molar-refractivity contribution in [2.24, 2.45) is 5.10 Å². The second-order valence-electron chi connectivity index (χ2n) is 5.34. The highest BCUT2D eigenvalue weighted by Crippen LogP contribution is 2.54. The van der Waals surface area contributed by atoms with Crippen LogP contribution in [0.4, 0.5) is 5.69 Å². The Balaban J connectivity index is 2.19. The third kappa shape index (κ3) is 2.12. The summed E-state index contributed by atoms with van der Waals surface area (Å²) >= 11 is 0.937. The summed E-state index contributed by atoms with van der Waals surface area (Å²) in [6, 6.07) is 6.73. The zero-order valence-corrected chi connectivity index (χ0v) is 14.0. The van der Waals surface area contributed by atoms with Gasteiger partial charge in [-0.1, -0.05) is 18.2 Å². The number of hydrogen-bond acceptors (Lipinski definition) is 6. The number of hydrogen-bond donors (Lipinski definition) is 1. The minimum atomic E-state index is -1.52. The summed E-state index contributed by atoms with van der Waals surface area (Å²) in [5.74, 6) is -1.89. The van der Waals surface area contributed by atoms with Crippen LogP contribution < -0.4 is 10.2 Å². The summed E-state index contributed by atoms with van der Waals surface area (Å²) in [7, 11) is 0. The topological polar surface area (TPSA) is 99.2 Å². The Labute approximate surface area is 141 Å². The predicted octanol–water partition coefficient (Wildman–Crippen LogP) is 0.735. The van der Waals surface area contributed by atoms with E-state index in [1.54, 1.807) is 24.3 Å². The van der Waals surface area contributed by atoms with Gasteiger partial charge in [-0.15, -0.1) is 5.10 Å². The molecule has 0 aromatic heterocycles. The maximum absolute atomic E-state index is 13.1. The normalized spacial score (nSPS) is 21.8. The van der Waals surface area contributed by atoms with Crippen LogP contribution in [0.1, 0.15) is 26.3 Å². The molecule has 1 spiro atoms. The molecule has 0 radical (unpaired) electrons. The standard InChI is InChI=1S/C15H14N4O4S/c1-8(20)16-14-17-19(10(3)22)15(24-14)11-6-4-5-7-12(11)18(9(2)21)13(15)23/h4-7H,1-3H3,(H,16,17,20)/t15-/m0/s1. The van der Waals surface area contributed by atoms with Gasteiger partial charge in [0, 0.05) is 26.3 Å². The molecule has 1 atom stereocenters. The molecule has 9 heteroatoms. The molecule has 1 aromatic rings. The van der Waals surface area contributed by atoms with E-state index in [-0.39, 0.29) is 11.1 Å². The van der Waals surface area contributed by atoms with Crippen LogP contribution in [0.2, 0.25) is 0 Å². The van der Waals surface area contributed by atoms with Crippen LogP contribution in [0, 0.1) is 0 Å². The molecule has 3 rings (SSSR count). The minimum Gasteiger partial charge on any atom is -0.304 e. The average molecular weight is 346 g/mol. The summed E-state index contributed by atoms with van der Waals surface area (Å²) < 4.78 is 0. The Hall–Kier alpha value is -2.68. The molecule has 0 bridgehead atoms. The number of amidine groups is 1. The first-order valence-corrected chi connectivity index (χ1v) is 7.91. The third-order valence-electron chi connectivity index (χ3n) is 3.63. The van der Waals surface area contributed by atoms with Crippen LogP contribution in [0.5, 0.6) is 0 Å². The van der Waals surface area contributed by atoms with E-state index in [0.717, 1.165) is 21.7 Å². The summed E-state index contributed by atoms with van der Waals surface area (Å²) in [5.41, 5.74) is 0.891. The molecule has 8 nitrogen and oxygen atoms in total. The third-order valence-corrected chi connectivity index (χ3v) is 4.87. The molecule has 0 unspecified atom stereocenters. The lowest BCUT2D eigenvalue weighted by atomic mass is 10.1. The number of amides is 4. The van der Waals surface area contributed by atoms with E-state index in [9.17, 15) is 19.2 Å². The molecule has 0 aliphatic carbocycles. The van der Waals surface area contributed by atoms with E-state index >= 15 is 0 Å². The fraction of sp³-hybridized carbons (Fsp3) is 0.267. The van der Waals surface area contributed by atoms with Gasteiger partial charge in [0.15, 0.2) is 5.17 Å². The van der Waals surface area contributed by atoms with Gasteiger partial charge in [0.1, 0.15) is 0 Å². The first kappa shape index (κ1) is 16.2. The van der Waals surface area contributed by atoms with E-state index in [4.69, 9.17) is 0 Å². The van der Waals surface area contributed by atoms with Gasteiger partial charge in [0.2, 0.25) is 22.6 Å². The Kier molecular flexibility index (Phi) is 3.67. The van der Waals surface area contributed by atoms with Crippen molar-refractivity contribution in [1.82, 2.24) is 10.3 Å². The monoisotopic (exact) mass is 346 g/mol. The Morgan fingerprint density at radius 3 is 2.38 bits per heavy atom. The van der Waals surface area contributed by atoms with Crippen LogP contribution in [0.25, 0.3) is 0 Å². The Morgan fingerprint density at radius 2 is 1.79 bits per heavy atom. The highest BCUT2D eigenvalue weighted by molar-refractivity contribution is 8.15. The highest BCUT2D eigenvalue weighted by Gasteiger charge is 2.61. The van der Waals surface area contributed by atoms with Crippen LogP contribution in [-0.4, -0.2) is 33.8 Å².